The Kier molecular flexibility index (Phi) is 4.26. The molecule has 0 radical (unpaired) electrons. The van der Waals surface area contributed by atoms with Crippen LogP contribution in [-0.4, -0.2) is 50.3 Å². The molecule has 1 aromatic rings. The topological polar surface area (TPSA) is 41.7 Å². The third kappa shape index (κ3) is 2.84. The van der Waals surface area contributed by atoms with E-state index < -0.39 is 0 Å². The molecule has 0 amide bonds. The largest absolute Gasteiger partial charge is 0.399 e. The molecule has 2 saturated heterocycles. The second-order valence-corrected chi connectivity index (χ2v) is 6.18. The molecule has 2 aliphatic rings. The smallest absolute Gasteiger partial charge is 0.0747 e. The highest BCUT2D eigenvalue weighted by atomic mass is 35.5. The van der Waals surface area contributed by atoms with Gasteiger partial charge in [0.1, 0.15) is 0 Å². The Morgan fingerprint density at radius 3 is 2.40 bits per heavy atom. The van der Waals surface area contributed by atoms with Crippen molar-refractivity contribution in [3.8, 4) is 0 Å². The molecule has 2 N–H and O–H groups in total. The van der Waals surface area contributed by atoms with E-state index in [1.807, 2.05) is 0 Å². The standard InChI is InChI=1S/C14H19Cl2N3O/c15-12-7-10(17)8-13(16)14(12)19-2-1-11(9-19)18-3-5-20-6-4-18/h7-8,11H,1-6,9,17H2. The molecular weight excluding hydrogens is 297 g/mol. The summed E-state index contributed by atoms with van der Waals surface area (Å²) in [6.45, 7) is 5.64. The Balaban J connectivity index is 1.73. The minimum Gasteiger partial charge on any atom is -0.399 e. The molecule has 4 nitrogen and oxygen atoms in total. The first-order valence-corrected chi connectivity index (χ1v) is 7.72. The van der Waals surface area contributed by atoms with Gasteiger partial charge in [-0.15, -0.1) is 0 Å². The van der Waals surface area contributed by atoms with Crippen molar-refractivity contribution < 1.29 is 4.74 Å². The Labute approximate surface area is 129 Å². The third-order valence-corrected chi connectivity index (χ3v) is 4.66. The molecule has 20 heavy (non-hydrogen) atoms. The van der Waals surface area contributed by atoms with Crippen LogP contribution in [0.1, 0.15) is 6.42 Å². The molecule has 1 unspecified atom stereocenters. The zero-order chi connectivity index (χ0) is 14.1. The van der Waals surface area contributed by atoms with Crippen LogP contribution in [0.4, 0.5) is 11.4 Å². The summed E-state index contributed by atoms with van der Waals surface area (Å²) in [5, 5.41) is 1.27. The molecule has 3 rings (SSSR count). The van der Waals surface area contributed by atoms with Gasteiger partial charge in [0.25, 0.3) is 0 Å². The summed E-state index contributed by atoms with van der Waals surface area (Å²) in [4.78, 5) is 4.77. The summed E-state index contributed by atoms with van der Waals surface area (Å²) in [6.07, 6.45) is 1.14. The Morgan fingerprint density at radius 2 is 1.75 bits per heavy atom. The maximum Gasteiger partial charge on any atom is 0.0747 e. The van der Waals surface area contributed by atoms with Crippen molar-refractivity contribution in [3.63, 3.8) is 0 Å². The van der Waals surface area contributed by atoms with E-state index in [4.69, 9.17) is 33.7 Å². The van der Waals surface area contributed by atoms with Gasteiger partial charge >= 0.3 is 0 Å². The fourth-order valence-electron chi connectivity index (χ4n) is 3.07. The monoisotopic (exact) mass is 315 g/mol. The van der Waals surface area contributed by atoms with Crippen molar-refractivity contribution in [2.24, 2.45) is 0 Å². The summed E-state index contributed by atoms with van der Waals surface area (Å²) in [5.41, 5.74) is 7.28. The van der Waals surface area contributed by atoms with Gasteiger partial charge in [0.05, 0.1) is 28.9 Å². The molecule has 1 aromatic carbocycles. The second kappa shape index (κ2) is 5.98. The van der Waals surface area contributed by atoms with E-state index in [1.165, 1.54) is 0 Å². The molecule has 2 heterocycles. The van der Waals surface area contributed by atoms with Crippen molar-refractivity contribution in [3.05, 3.63) is 22.2 Å². The maximum atomic E-state index is 6.31. The highest BCUT2D eigenvalue weighted by Gasteiger charge is 2.30. The number of nitrogen functional groups attached to an aromatic ring is 1. The SMILES string of the molecule is Nc1cc(Cl)c(N2CCC(N3CCOCC3)C2)c(Cl)c1. The van der Waals surface area contributed by atoms with E-state index in [1.54, 1.807) is 12.1 Å². The molecule has 0 bridgehead atoms. The summed E-state index contributed by atoms with van der Waals surface area (Å²) in [7, 11) is 0. The number of rotatable bonds is 2. The van der Waals surface area contributed by atoms with Gasteiger partial charge in [-0.1, -0.05) is 23.2 Å². The van der Waals surface area contributed by atoms with E-state index in [-0.39, 0.29) is 0 Å². The first-order chi connectivity index (χ1) is 9.65. The number of morpholine rings is 1. The maximum absolute atomic E-state index is 6.31. The first kappa shape index (κ1) is 14.3. The summed E-state index contributed by atoms with van der Waals surface area (Å²) in [5.74, 6) is 0. The van der Waals surface area contributed by atoms with E-state index in [0.717, 1.165) is 51.5 Å². The number of anilines is 2. The van der Waals surface area contributed by atoms with Crippen molar-refractivity contribution in [2.45, 2.75) is 12.5 Å². The van der Waals surface area contributed by atoms with Crippen LogP contribution < -0.4 is 10.6 Å². The third-order valence-electron chi connectivity index (χ3n) is 4.08. The van der Waals surface area contributed by atoms with Crippen LogP contribution >= 0.6 is 23.2 Å². The minimum absolute atomic E-state index is 0.559. The number of hydrogen-bond donors (Lipinski definition) is 1. The molecular formula is C14H19Cl2N3O. The van der Waals surface area contributed by atoms with Gasteiger partial charge in [0.2, 0.25) is 0 Å². The molecule has 2 fully saturated rings. The lowest BCUT2D eigenvalue weighted by Gasteiger charge is -2.32. The summed E-state index contributed by atoms with van der Waals surface area (Å²) in [6, 6.07) is 4.10. The Morgan fingerprint density at radius 1 is 1.10 bits per heavy atom. The lowest BCUT2D eigenvalue weighted by molar-refractivity contribution is 0.0209. The quantitative estimate of drug-likeness (QED) is 0.851. The predicted octanol–water partition coefficient (Wildman–Crippen LogP) is 2.49. The van der Waals surface area contributed by atoms with Gasteiger partial charge in [0.15, 0.2) is 0 Å². The number of nitrogens with zero attached hydrogens (tertiary/aromatic N) is 2. The van der Waals surface area contributed by atoms with Gasteiger partial charge in [0, 0.05) is 37.9 Å². The second-order valence-electron chi connectivity index (χ2n) is 5.37. The van der Waals surface area contributed by atoms with Crippen LogP contribution in [-0.2, 0) is 4.74 Å². The Bertz CT molecular complexity index is 468. The van der Waals surface area contributed by atoms with E-state index in [0.29, 0.717) is 21.8 Å². The van der Waals surface area contributed by atoms with Crippen molar-refractivity contribution in [1.82, 2.24) is 4.90 Å². The van der Waals surface area contributed by atoms with Crippen LogP contribution in [0.3, 0.4) is 0 Å². The first-order valence-electron chi connectivity index (χ1n) is 6.96. The minimum atomic E-state index is 0.559. The van der Waals surface area contributed by atoms with Gasteiger partial charge in [-0.2, -0.15) is 0 Å². The van der Waals surface area contributed by atoms with E-state index in [2.05, 4.69) is 9.80 Å². The lowest BCUT2D eigenvalue weighted by Crippen LogP contribution is -2.44. The van der Waals surface area contributed by atoms with Crippen LogP contribution in [0, 0.1) is 0 Å². The van der Waals surface area contributed by atoms with Gasteiger partial charge in [-0.3, -0.25) is 4.90 Å². The fraction of sp³-hybridized carbons (Fsp3) is 0.571. The van der Waals surface area contributed by atoms with E-state index in [9.17, 15) is 0 Å². The normalized spacial score (nSPS) is 24.3. The zero-order valence-electron chi connectivity index (χ0n) is 11.3. The number of ether oxygens (including phenoxy) is 1. The van der Waals surface area contributed by atoms with Gasteiger partial charge < -0.3 is 15.4 Å². The van der Waals surface area contributed by atoms with Crippen LogP contribution in [0.2, 0.25) is 10.0 Å². The van der Waals surface area contributed by atoms with Crippen molar-refractivity contribution in [1.29, 1.82) is 0 Å². The molecule has 110 valence electrons. The number of hydrogen-bond acceptors (Lipinski definition) is 4. The molecule has 6 heteroatoms. The molecule has 0 spiro atoms. The summed E-state index contributed by atoms with van der Waals surface area (Å²) < 4.78 is 5.41. The molecule has 0 aromatic heterocycles. The average molecular weight is 316 g/mol. The van der Waals surface area contributed by atoms with Crippen LogP contribution in [0.15, 0.2) is 12.1 Å². The molecule has 1 atom stereocenters. The average Bonchev–Trinajstić information content (AvgIpc) is 2.88. The highest BCUT2D eigenvalue weighted by Crippen LogP contribution is 2.38. The predicted molar refractivity (Wildman–Crippen MR) is 83.9 cm³/mol. The molecule has 2 aliphatic heterocycles. The van der Waals surface area contributed by atoms with Crippen molar-refractivity contribution in [2.75, 3.05) is 50.0 Å². The molecule has 0 saturated carbocycles. The van der Waals surface area contributed by atoms with Gasteiger partial charge in [-0.05, 0) is 18.6 Å². The van der Waals surface area contributed by atoms with Crippen LogP contribution in [0.5, 0.6) is 0 Å². The van der Waals surface area contributed by atoms with Gasteiger partial charge in [-0.25, -0.2) is 0 Å². The fourth-order valence-corrected chi connectivity index (χ4v) is 3.82. The number of halogens is 2. The molecule has 0 aliphatic carbocycles. The number of nitrogens with two attached hydrogens (primary N) is 1. The highest BCUT2D eigenvalue weighted by molar-refractivity contribution is 6.39. The van der Waals surface area contributed by atoms with Crippen molar-refractivity contribution >= 4 is 34.6 Å². The van der Waals surface area contributed by atoms with Crippen LogP contribution in [0.25, 0.3) is 0 Å². The Hall–Kier alpha value is -0.680. The van der Waals surface area contributed by atoms with E-state index >= 15 is 0 Å². The zero-order valence-corrected chi connectivity index (χ0v) is 12.8. The number of benzene rings is 1. The lowest BCUT2D eigenvalue weighted by atomic mass is 10.2. The summed E-state index contributed by atoms with van der Waals surface area (Å²) >= 11 is 12.6.